The average Bonchev–Trinajstić information content (AvgIpc) is 3.76. The standard InChI is InChI=1S/C62H44N2OSi/c1-66(2)59-31-17-27-51-54-40-57(64(44-20-8-4-9-21-44)45-22-10-5-11-23-45)48-25-13-12-24-47(48)53(54)39-55(61(51)59)50-37-34-42(38-60(50)66)41-32-35-46(36-33-41)63(43-18-6-3-7-19-43)56-29-16-28-52-49-26-14-15-30-58(49)65-62(52)56/h3-40H,1-2H3. The van der Waals surface area contributed by atoms with E-state index in [2.05, 4.69) is 247 Å². The van der Waals surface area contributed by atoms with Crippen molar-refractivity contribution in [3.05, 3.63) is 231 Å². The lowest BCUT2D eigenvalue weighted by atomic mass is 9.89. The first-order chi connectivity index (χ1) is 32.5. The van der Waals surface area contributed by atoms with Crippen LogP contribution in [0.2, 0.25) is 13.1 Å². The third-order valence-electron chi connectivity index (χ3n) is 14.0. The van der Waals surface area contributed by atoms with Crippen LogP contribution in [-0.2, 0) is 0 Å². The molecule has 0 amide bonds. The number of nitrogens with zero attached hydrogens (tertiary/aromatic N) is 2. The van der Waals surface area contributed by atoms with Crippen molar-refractivity contribution in [1.82, 2.24) is 0 Å². The van der Waals surface area contributed by atoms with E-state index in [9.17, 15) is 0 Å². The lowest BCUT2D eigenvalue weighted by Crippen LogP contribution is -2.55. The largest absolute Gasteiger partial charge is 0.454 e. The Morgan fingerprint density at radius 2 is 0.864 bits per heavy atom. The summed E-state index contributed by atoms with van der Waals surface area (Å²) in [5.41, 5.74) is 13.5. The number of furan rings is 1. The molecule has 0 radical (unpaired) electrons. The molecule has 13 rings (SSSR count). The predicted octanol–water partition coefficient (Wildman–Crippen LogP) is 16.5. The fourth-order valence-electron chi connectivity index (χ4n) is 10.9. The zero-order chi connectivity index (χ0) is 43.9. The molecule has 312 valence electrons. The molecule has 12 aromatic rings. The Balaban J connectivity index is 0.949. The van der Waals surface area contributed by atoms with E-state index in [0.717, 1.165) is 50.4 Å². The van der Waals surface area contributed by atoms with Gasteiger partial charge >= 0.3 is 0 Å². The smallest absolute Gasteiger partial charge is 0.159 e. The van der Waals surface area contributed by atoms with E-state index in [1.54, 1.807) is 0 Å². The van der Waals surface area contributed by atoms with Gasteiger partial charge < -0.3 is 14.2 Å². The van der Waals surface area contributed by atoms with Crippen molar-refractivity contribution in [3.8, 4) is 22.3 Å². The lowest BCUT2D eigenvalue weighted by Gasteiger charge is -2.35. The monoisotopic (exact) mass is 860 g/mol. The predicted molar refractivity (Wildman–Crippen MR) is 283 cm³/mol. The molecule has 11 aromatic carbocycles. The van der Waals surface area contributed by atoms with Crippen molar-refractivity contribution in [2.24, 2.45) is 0 Å². The van der Waals surface area contributed by atoms with Gasteiger partial charge in [-0.25, -0.2) is 0 Å². The molecule has 1 aliphatic rings. The lowest BCUT2D eigenvalue weighted by molar-refractivity contribution is 0.669. The molecule has 0 atom stereocenters. The van der Waals surface area contributed by atoms with Crippen molar-refractivity contribution in [1.29, 1.82) is 0 Å². The van der Waals surface area contributed by atoms with Gasteiger partial charge in [-0.1, -0.05) is 171 Å². The minimum atomic E-state index is -2.19. The highest BCUT2D eigenvalue weighted by molar-refractivity contribution is 7.03. The number of benzene rings is 11. The second-order valence-electron chi connectivity index (χ2n) is 18.1. The van der Waals surface area contributed by atoms with E-state index in [-0.39, 0.29) is 0 Å². The summed E-state index contributed by atoms with van der Waals surface area (Å²) in [6.45, 7) is 5.07. The topological polar surface area (TPSA) is 19.6 Å². The third kappa shape index (κ3) is 5.89. The van der Waals surface area contributed by atoms with Gasteiger partial charge in [0.05, 0.1) is 11.4 Å². The summed E-state index contributed by atoms with van der Waals surface area (Å²) in [5.74, 6) is 0. The highest BCUT2D eigenvalue weighted by atomic mass is 28.3. The third-order valence-corrected chi connectivity index (χ3v) is 17.5. The minimum absolute atomic E-state index is 0.881. The quantitative estimate of drug-likeness (QED) is 0.118. The van der Waals surface area contributed by atoms with Gasteiger partial charge in [0.25, 0.3) is 0 Å². The molecule has 0 N–H and O–H groups in total. The van der Waals surface area contributed by atoms with Crippen LogP contribution in [0.4, 0.5) is 34.1 Å². The van der Waals surface area contributed by atoms with Gasteiger partial charge in [-0.2, -0.15) is 0 Å². The van der Waals surface area contributed by atoms with E-state index >= 15 is 0 Å². The summed E-state index contributed by atoms with van der Waals surface area (Å²) in [7, 11) is -2.19. The van der Waals surface area contributed by atoms with Crippen LogP contribution in [0.5, 0.6) is 0 Å². The number of fused-ring (bicyclic) bond motifs is 9. The number of rotatable bonds is 7. The van der Waals surface area contributed by atoms with Crippen molar-refractivity contribution in [3.63, 3.8) is 0 Å². The van der Waals surface area contributed by atoms with Crippen molar-refractivity contribution < 1.29 is 4.42 Å². The molecular weight excluding hydrogens is 817 g/mol. The molecule has 0 fully saturated rings. The fourth-order valence-corrected chi connectivity index (χ4v) is 14.0. The molecule has 0 aliphatic carbocycles. The molecule has 0 spiro atoms. The Hall–Kier alpha value is -8.18. The first kappa shape index (κ1) is 38.3. The molecule has 1 aliphatic heterocycles. The van der Waals surface area contributed by atoms with Gasteiger partial charge in [-0.15, -0.1) is 0 Å². The highest BCUT2D eigenvalue weighted by Crippen LogP contribution is 2.47. The second kappa shape index (κ2) is 14.9. The maximum absolute atomic E-state index is 6.57. The van der Waals surface area contributed by atoms with E-state index in [0.29, 0.717) is 0 Å². The average molecular weight is 861 g/mol. The summed E-state index contributed by atoms with van der Waals surface area (Å²) < 4.78 is 6.57. The zero-order valence-corrected chi connectivity index (χ0v) is 37.7. The Morgan fingerprint density at radius 1 is 0.333 bits per heavy atom. The Labute approximate surface area is 385 Å². The van der Waals surface area contributed by atoms with Gasteiger partial charge in [0.15, 0.2) is 5.58 Å². The SMILES string of the molecule is C[Si]1(C)c2cc(-c3ccc(N(c4ccccc4)c4cccc5c4oc4ccccc45)cc3)ccc2-c2cc3c4ccccc4c(N(c4ccccc4)c4ccccc4)cc3c3cccc1c23. The highest BCUT2D eigenvalue weighted by Gasteiger charge is 2.36. The number of anilines is 6. The molecule has 0 saturated heterocycles. The Kier molecular flexibility index (Phi) is 8.67. The van der Waals surface area contributed by atoms with Gasteiger partial charge in [-0.05, 0) is 132 Å². The molecule has 4 heteroatoms. The summed E-state index contributed by atoms with van der Waals surface area (Å²) in [6.07, 6.45) is 0. The number of hydrogen-bond donors (Lipinski definition) is 0. The fraction of sp³-hybridized carbons (Fsp3) is 0.0323. The van der Waals surface area contributed by atoms with E-state index in [1.165, 1.54) is 70.6 Å². The van der Waals surface area contributed by atoms with Crippen LogP contribution in [0.1, 0.15) is 0 Å². The maximum atomic E-state index is 6.57. The number of para-hydroxylation sites is 5. The second-order valence-corrected chi connectivity index (χ2v) is 22.4. The van der Waals surface area contributed by atoms with Crippen molar-refractivity contribution in [2.45, 2.75) is 13.1 Å². The Morgan fingerprint density at radius 3 is 1.56 bits per heavy atom. The first-order valence-electron chi connectivity index (χ1n) is 22.8. The molecule has 3 nitrogen and oxygen atoms in total. The summed E-state index contributed by atoms with van der Waals surface area (Å²) in [5, 5.41) is 13.0. The molecule has 0 bridgehead atoms. The molecule has 0 unspecified atom stereocenters. The van der Waals surface area contributed by atoms with Gasteiger partial charge in [-0.3, -0.25) is 0 Å². The van der Waals surface area contributed by atoms with Crippen LogP contribution in [0, 0.1) is 0 Å². The summed E-state index contributed by atoms with van der Waals surface area (Å²) >= 11 is 0. The number of hydrogen-bond acceptors (Lipinski definition) is 3. The molecule has 0 saturated carbocycles. The van der Waals surface area contributed by atoms with Gasteiger partial charge in [0.1, 0.15) is 13.7 Å². The van der Waals surface area contributed by atoms with Crippen LogP contribution in [0.3, 0.4) is 0 Å². The van der Waals surface area contributed by atoms with Crippen LogP contribution in [0.15, 0.2) is 235 Å². The van der Waals surface area contributed by atoms with E-state index < -0.39 is 8.07 Å². The van der Waals surface area contributed by atoms with Crippen molar-refractivity contribution >= 4 is 107 Å². The van der Waals surface area contributed by atoms with Crippen LogP contribution in [0.25, 0.3) is 76.5 Å². The summed E-state index contributed by atoms with van der Waals surface area (Å²) in [6, 6.07) is 84.2. The normalized spacial score (nSPS) is 12.8. The first-order valence-corrected chi connectivity index (χ1v) is 25.8. The van der Waals surface area contributed by atoms with Gasteiger partial charge in [0, 0.05) is 38.9 Å². The van der Waals surface area contributed by atoms with E-state index in [4.69, 9.17) is 4.42 Å². The zero-order valence-electron chi connectivity index (χ0n) is 36.7. The van der Waals surface area contributed by atoms with Crippen LogP contribution < -0.4 is 20.2 Å². The summed E-state index contributed by atoms with van der Waals surface area (Å²) in [4.78, 5) is 4.73. The van der Waals surface area contributed by atoms with Crippen molar-refractivity contribution in [2.75, 3.05) is 9.80 Å². The van der Waals surface area contributed by atoms with Crippen LogP contribution in [-0.4, -0.2) is 8.07 Å². The molecule has 2 heterocycles. The maximum Gasteiger partial charge on any atom is 0.159 e. The molecular formula is C62H44N2OSi. The Bertz CT molecular complexity index is 3800. The van der Waals surface area contributed by atoms with Crippen LogP contribution >= 0.6 is 0 Å². The molecule has 1 aromatic heterocycles. The van der Waals surface area contributed by atoms with E-state index in [1.807, 2.05) is 6.07 Å². The molecule has 66 heavy (non-hydrogen) atoms. The minimum Gasteiger partial charge on any atom is -0.454 e. The van der Waals surface area contributed by atoms with Gasteiger partial charge in [0.2, 0.25) is 0 Å².